The van der Waals surface area contributed by atoms with Gasteiger partial charge in [0.2, 0.25) is 0 Å². The van der Waals surface area contributed by atoms with E-state index in [1.165, 1.54) is 0 Å². The molecule has 0 bridgehead atoms. The summed E-state index contributed by atoms with van der Waals surface area (Å²) in [5.74, 6) is 0. The van der Waals surface area contributed by atoms with Gasteiger partial charge >= 0.3 is 0 Å². The highest BCUT2D eigenvalue weighted by atomic mass is 16.5. The number of aliphatic hydroxyl groups is 1. The first-order valence-electron chi connectivity index (χ1n) is 3.30. The molecule has 0 amide bonds. The van der Waals surface area contributed by atoms with E-state index in [9.17, 15) is 0 Å². The van der Waals surface area contributed by atoms with Crippen molar-refractivity contribution in [3.63, 3.8) is 0 Å². The Morgan fingerprint density at radius 1 is 1.78 bits per heavy atom. The third-order valence-electron chi connectivity index (χ3n) is 1.65. The number of rotatable bonds is 1. The summed E-state index contributed by atoms with van der Waals surface area (Å²) in [7, 11) is 0. The Hall–Kier alpha value is -0.120. The zero-order chi connectivity index (χ0) is 6.69. The SMILES string of the molecule is C[C@H]1OCCN[C@@H]1CO. The number of hydrogen-bond acceptors (Lipinski definition) is 3. The van der Waals surface area contributed by atoms with Gasteiger partial charge in [-0.25, -0.2) is 0 Å². The molecule has 1 heterocycles. The van der Waals surface area contributed by atoms with Gasteiger partial charge in [-0.05, 0) is 6.92 Å². The lowest BCUT2D eigenvalue weighted by molar-refractivity contribution is -0.00795. The van der Waals surface area contributed by atoms with Crippen LogP contribution in [0.15, 0.2) is 0 Å². The summed E-state index contributed by atoms with van der Waals surface area (Å²) in [5, 5.41) is 11.9. The molecule has 1 rings (SSSR count). The smallest absolute Gasteiger partial charge is 0.0723 e. The largest absolute Gasteiger partial charge is 0.395 e. The molecule has 1 aliphatic rings. The molecule has 0 spiro atoms. The molecular formula is C6H13NO2. The molecule has 0 radical (unpaired) electrons. The fourth-order valence-electron chi connectivity index (χ4n) is 0.984. The van der Waals surface area contributed by atoms with E-state index in [-0.39, 0.29) is 18.8 Å². The van der Waals surface area contributed by atoms with Gasteiger partial charge in [0.1, 0.15) is 0 Å². The van der Waals surface area contributed by atoms with Crippen molar-refractivity contribution in [2.24, 2.45) is 0 Å². The van der Waals surface area contributed by atoms with Crippen LogP contribution >= 0.6 is 0 Å². The summed E-state index contributed by atoms with van der Waals surface area (Å²) in [6.45, 7) is 3.75. The number of morpholine rings is 1. The molecule has 3 nitrogen and oxygen atoms in total. The topological polar surface area (TPSA) is 41.5 Å². The van der Waals surface area contributed by atoms with Crippen LogP contribution in [0.5, 0.6) is 0 Å². The first-order chi connectivity index (χ1) is 4.34. The van der Waals surface area contributed by atoms with E-state index >= 15 is 0 Å². The van der Waals surface area contributed by atoms with E-state index in [0.29, 0.717) is 0 Å². The first-order valence-corrected chi connectivity index (χ1v) is 3.30. The Bertz CT molecular complexity index is 87.1. The Labute approximate surface area is 55.0 Å². The van der Waals surface area contributed by atoms with E-state index in [4.69, 9.17) is 9.84 Å². The summed E-state index contributed by atoms with van der Waals surface area (Å²) in [6, 6.07) is 0.138. The third-order valence-corrected chi connectivity index (χ3v) is 1.65. The summed E-state index contributed by atoms with van der Waals surface area (Å²) in [4.78, 5) is 0. The molecule has 0 aromatic rings. The minimum Gasteiger partial charge on any atom is -0.395 e. The average molecular weight is 131 g/mol. The Morgan fingerprint density at radius 2 is 2.56 bits per heavy atom. The second-order valence-corrected chi connectivity index (χ2v) is 2.32. The van der Waals surface area contributed by atoms with Crippen LogP contribution in [0, 0.1) is 0 Å². The molecule has 1 aliphatic heterocycles. The molecule has 3 heteroatoms. The van der Waals surface area contributed by atoms with Crippen molar-refractivity contribution >= 4 is 0 Å². The average Bonchev–Trinajstić information content (AvgIpc) is 1.89. The minimum atomic E-state index is 0.138. The van der Waals surface area contributed by atoms with E-state index in [0.717, 1.165) is 13.2 Å². The van der Waals surface area contributed by atoms with Crippen LogP contribution in [-0.2, 0) is 4.74 Å². The number of nitrogens with one attached hydrogen (secondary N) is 1. The van der Waals surface area contributed by atoms with Crippen molar-refractivity contribution in [1.29, 1.82) is 0 Å². The highest BCUT2D eigenvalue weighted by molar-refractivity contribution is 4.75. The van der Waals surface area contributed by atoms with E-state index in [2.05, 4.69) is 5.32 Å². The van der Waals surface area contributed by atoms with Crippen LogP contribution < -0.4 is 5.32 Å². The Kier molecular flexibility index (Phi) is 2.45. The van der Waals surface area contributed by atoms with Crippen molar-refractivity contribution in [3.8, 4) is 0 Å². The molecule has 0 aliphatic carbocycles. The number of ether oxygens (including phenoxy) is 1. The van der Waals surface area contributed by atoms with Crippen LogP contribution in [-0.4, -0.2) is 37.0 Å². The van der Waals surface area contributed by atoms with Crippen molar-refractivity contribution in [3.05, 3.63) is 0 Å². The molecule has 0 aromatic carbocycles. The minimum absolute atomic E-state index is 0.138. The zero-order valence-electron chi connectivity index (χ0n) is 5.63. The highest BCUT2D eigenvalue weighted by Crippen LogP contribution is 2.01. The fraction of sp³-hybridized carbons (Fsp3) is 1.00. The zero-order valence-corrected chi connectivity index (χ0v) is 5.63. The monoisotopic (exact) mass is 131 g/mol. The van der Waals surface area contributed by atoms with Gasteiger partial charge in [0.05, 0.1) is 25.4 Å². The number of aliphatic hydroxyl groups excluding tert-OH is 1. The predicted octanol–water partition coefficient (Wildman–Crippen LogP) is -0.644. The van der Waals surface area contributed by atoms with Gasteiger partial charge in [0.15, 0.2) is 0 Å². The molecule has 54 valence electrons. The van der Waals surface area contributed by atoms with Gasteiger partial charge in [-0.2, -0.15) is 0 Å². The quantitative estimate of drug-likeness (QED) is 0.497. The highest BCUT2D eigenvalue weighted by Gasteiger charge is 2.19. The summed E-state index contributed by atoms with van der Waals surface area (Å²) < 4.78 is 5.26. The lowest BCUT2D eigenvalue weighted by Gasteiger charge is -2.28. The van der Waals surface area contributed by atoms with Gasteiger partial charge in [0.25, 0.3) is 0 Å². The van der Waals surface area contributed by atoms with Crippen LogP contribution in [0.4, 0.5) is 0 Å². The first kappa shape index (κ1) is 6.99. The molecule has 1 saturated heterocycles. The predicted molar refractivity (Wildman–Crippen MR) is 34.3 cm³/mol. The second kappa shape index (κ2) is 3.15. The number of hydrogen-bond donors (Lipinski definition) is 2. The Morgan fingerprint density at radius 3 is 3.00 bits per heavy atom. The van der Waals surface area contributed by atoms with E-state index in [1.54, 1.807) is 0 Å². The van der Waals surface area contributed by atoms with Crippen LogP contribution in [0.2, 0.25) is 0 Å². The van der Waals surface area contributed by atoms with Crippen LogP contribution in [0.25, 0.3) is 0 Å². The van der Waals surface area contributed by atoms with Crippen LogP contribution in [0.1, 0.15) is 6.92 Å². The molecule has 2 N–H and O–H groups in total. The molecule has 0 aromatic heterocycles. The van der Waals surface area contributed by atoms with Gasteiger partial charge < -0.3 is 15.2 Å². The lowest BCUT2D eigenvalue weighted by Crippen LogP contribution is -2.48. The lowest BCUT2D eigenvalue weighted by atomic mass is 10.2. The molecule has 0 saturated carbocycles. The van der Waals surface area contributed by atoms with E-state index in [1.807, 2.05) is 6.92 Å². The maximum absolute atomic E-state index is 8.72. The maximum atomic E-state index is 8.72. The molecule has 0 unspecified atom stereocenters. The van der Waals surface area contributed by atoms with Crippen molar-refractivity contribution < 1.29 is 9.84 Å². The summed E-state index contributed by atoms with van der Waals surface area (Å²) in [5.41, 5.74) is 0. The second-order valence-electron chi connectivity index (χ2n) is 2.32. The molecule has 1 fully saturated rings. The van der Waals surface area contributed by atoms with Crippen molar-refractivity contribution in [1.82, 2.24) is 5.32 Å². The molecule has 9 heavy (non-hydrogen) atoms. The van der Waals surface area contributed by atoms with Crippen molar-refractivity contribution in [2.75, 3.05) is 19.8 Å². The Balaban J connectivity index is 2.30. The fourth-order valence-corrected chi connectivity index (χ4v) is 0.984. The summed E-state index contributed by atoms with van der Waals surface area (Å²) >= 11 is 0. The maximum Gasteiger partial charge on any atom is 0.0723 e. The van der Waals surface area contributed by atoms with Gasteiger partial charge in [-0.15, -0.1) is 0 Å². The van der Waals surface area contributed by atoms with Crippen LogP contribution in [0.3, 0.4) is 0 Å². The standard InChI is InChI=1S/C6H13NO2/c1-5-6(4-8)7-2-3-9-5/h5-8H,2-4H2,1H3/t5-,6-/m1/s1. The van der Waals surface area contributed by atoms with Gasteiger partial charge in [-0.3, -0.25) is 0 Å². The summed E-state index contributed by atoms with van der Waals surface area (Å²) in [6.07, 6.45) is 0.156. The van der Waals surface area contributed by atoms with Gasteiger partial charge in [0, 0.05) is 6.54 Å². The molecular weight excluding hydrogens is 118 g/mol. The third kappa shape index (κ3) is 1.64. The van der Waals surface area contributed by atoms with Crippen molar-refractivity contribution in [2.45, 2.75) is 19.1 Å². The molecule has 2 atom stereocenters. The van der Waals surface area contributed by atoms with Gasteiger partial charge in [-0.1, -0.05) is 0 Å². The van der Waals surface area contributed by atoms with E-state index < -0.39 is 0 Å². The normalized spacial score (nSPS) is 36.7.